The molecule has 1 aromatic carbocycles. The summed E-state index contributed by atoms with van der Waals surface area (Å²) in [6, 6.07) is 6.66. The molecule has 3 nitrogen and oxygen atoms in total. The molecule has 4 heteroatoms. The molecule has 2 rings (SSSR count). The van der Waals surface area contributed by atoms with Crippen LogP contribution in [0.4, 0.5) is 0 Å². The van der Waals surface area contributed by atoms with Gasteiger partial charge in [0, 0.05) is 11.8 Å². The molecule has 0 heterocycles. The molecular weight excluding hydrogens is 234 g/mol. The van der Waals surface area contributed by atoms with Crippen LogP contribution in [0.1, 0.15) is 25.3 Å². The van der Waals surface area contributed by atoms with Crippen molar-refractivity contribution in [3.05, 3.63) is 29.8 Å². The van der Waals surface area contributed by atoms with Crippen molar-refractivity contribution in [2.75, 3.05) is 0 Å². The first kappa shape index (κ1) is 12.2. The average Bonchev–Trinajstić information content (AvgIpc) is 2.79. The second-order valence-corrected chi connectivity index (χ2v) is 6.62. The van der Waals surface area contributed by atoms with Crippen LogP contribution in [0, 0.1) is 23.7 Å². The minimum atomic E-state index is -3.61. The maximum Gasteiger partial charge on any atom is 0.238 e. The Balaban J connectivity index is 2.31. The molecule has 0 saturated heterocycles. The minimum absolute atomic E-state index is 0.0951. The number of nitrogens with two attached hydrogens (primary N) is 1. The van der Waals surface area contributed by atoms with Crippen LogP contribution in [0.5, 0.6) is 0 Å². The fourth-order valence-corrected chi connectivity index (χ4v) is 2.95. The Labute approximate surface area is 102 Å². The van der Waals surface area contributed by atoms with Gasteiger partial charge in [0.25, 0.3) is 0 Å². The fraction of sp³-hybridized carbons (Fsp3) is 0.385. The Bertz CT molecular complexity index is 579. The highest BCUT2D eigenvalue weighted by Gasteiger charge is 2.57. The molecule has 0 aliphatic heterocycles. The van der Waals surface area contributed by atoms with Gasteiger partial charge in [-0.15, -0.1) is 12.3 Å². The minimum Gasteiger partial charge on any atom is -0.225 e. The molecule has 1 saturated carbocycles. The molecule has 1 aliphatic carbocycles. The van der Waals surface area contributed by atoms with Crippen LogP contribution in [0.25, 0.3) is 0 Å². The third kappa shape index (κ3) is 1.97. The molecule has 1 aliphatic rings. The summed E-state index contributed by atoms with van der Waals surface area (Å²) in [7, 11) is -3.61. The lowest BCUT2D eigenvalue weighted by atomic mass is 10.0. The van der Waals surface area contributed by atoms with Gasteiger partial charge in [-0.25, -0.2) is 13.6 Å². The Hall–Kier alpha value is -1.31. The van der Waals surface area contributed by atoms with Crippen molar-refractivity contribution >= 4 is 10.0 Å². The van der Waals surface area contributed by atoms with Crippen molar-refractivity contribution < 1.29 is 8.42 Å². The molecule has 1 unspecified atom stereocenters. The van der Waals surface area contributed by atoms with Crippen LogP contribution in [-0.2, 0) is 10.0 Å². The van der Waals surface area contributed by atoms with Crippen LogP contribution in [0.3, 0.4) is 0 Å². The lowest BCUT2D eigenvalue weighted by Gasteiger charge is -2.04. The number of hydrogen-bond acceptors (Lipinski definition) is 2. The van der Waals surface area contributed by atoms with Gasteiger partial charge in [0.15, 0.2) is 0 Å². The van der Waals surface area contributed by atoms with Crippen molar-refractivity contribution in [1.29, 1.82) is 0 Å². The maximum absolute atomic E-state index is 11.1. The molecule has 0 spiro atoms. The standard InChI is InChI=1S/C13H15NO2S/c1-4-11-12(13(11,2)3)9-5-7-10(8-6-9)17(14,15)16/h1,5-8,11-12H,2-3H3,(H2,14,15,16)/t11?,12-/m1/s1. The van der Waals surface area contributed by atoms with Gasteiger partial charge in [0.1, 0.15) is 0 Å². The molecule has 0 bridgehead atoms. The van der Waals surface area contributed by atoms with Gasteiger partial charge in [0.05, 0.1) is 4.90 Å². The Morgan fingerprint density at radius 2 is 1.82 bits per heavy atom. The van der Waals surface area contributed by atoms with Crippen LogP contribution in [0.15, 0.2) is 29.2 Å². The zero-order chi connectivity index (χ0) is 12.8. The second kappa shape index (κ2) is 3.59. The smallest absolute Gasteiger partial charge is 0.225 e. The van der Waals surface area contributed by atoms with Gasteiger partial charge in [-0.1, -0.05) is 26.0 Å². The number of hydrogen-bond donors (Lipinski definition) is 1. The normalized spacial score (nSPS) is 26.2. The lowest BCUT2D eigenvalue weighted by Crippen LogP contribution is -2.11. The number of sulfonamides is 1. The zero-order valence-electron chi connectivity index (χ0n) is 9.84. The van der Waals surface area contributed by atoms with E-state index >= 15 is 0 Å². The largest absolute Gasteiger partial charge is 0.238 e. The van der Waals surface area contributed by atoms with E-state index in [0.717, 1.165) is 5.56 Å². The quantitative estimate of drug-likeness (QED) is 0.811. The van der Waals surface area contributed by atoms with E-state index in [2.05, 4.69) is 19.8 Å². The number of terminal acetylenes is 1. The average molecular weight is 249 g/mol. The summed E-state index contributed by atoms with van der Waals surface area (Å²) in [6.07, 6.45) is 5.47. The summed E-state index contributed by atoms with van der Waals surface area (Å²) in [6.45, 7) is 4.24. The van der Waals surface area contributed by atoms with Gasteiger partial charge in [-0.2, -0.15) is 0 Å². The SMILES string of the molecule is C#CC1[C@@H](c2ccc(S(N)(=O)=O)cc2)C1(C)C. The number of primary sulfonamides is 1. The Morgan fingerprint density at radius 3 is 2.18 bits per heavy atom. The first-order valence-corrected chi connectivity index (χ1v) is 6.92. The van der Waals surface area contributed by atoms with Crippen molar-refractivity contribution in [3.63, 3.8) is 0 Å². The summed E-state index contributed by atoms with van der Waals surface area (Å²) >= 11 is 0. The maximum atomic E-state index is 11.1. The van der Waals surface area contributed by atoms with Crippen molar-refractivity contribution in [1.82, 2.24) is 0 Å². The summed E-state index contributed by atoms with van der Waals surface area (Å²) in [5.41, 5.74) is 1.17. The van der Waals surface area contributed by atoms with Crippen LogP contribution in [0.2, 0.25) is 0 Å². The molecule has 1 aromatic rings. The van der Waals surface area contributed by atoms with E-state index in [4.69, 9.17) is 11.6 Å². The Morgan fingerprint density at radius 1 is 1.29 bits per heavy atom. The molecule has 90 valence electrons. The summed E-state index contributed by atoms with van der Waals surface area (Å²) in [4.78, 5) is 0.136. The van der Waals surface area contributed by atoms with E-state index in [9.17, 15) is 8.42 Å². The van der Waals surface area contributed by atoms with Gasteiger partial charge in [-0.3, -0.25) is 0 Å². The predicted molar refractivity (Wildman–Crippen MR) is 66.7 cm³/mol. The third-order valence-corrected chi connectivity index (χ3v) is 4.50. The lowest BCUT2D eigenvalue weighted by molar-refractivity contribution is 0.596. The number of benzene rings is 1. The Kier molecular flexibility index (Phi) is 2.57. The molecule has 17 heavy (non-hydrogen) atoms. The van der Waals surface area contributed by atoms with E-state index in [0.29, 0.717) is 5.92 Å². The van der Waals surface area contributed by atoms with Crippen molar-refractivity contribution in [2.24, 2.45) is 16.5 Å². The molecule has 0 amide bonds. The monoisotopic (exact) mass is 249 g/mol. The van der Waals surface area contributed by atoms with E-state index in [1.807, 2.05) is 0 Å². The molecular formula is C13H15NO2S. The van der Waals surface area contributed by atoms with Gasteiger partial charge < -0.3 is 0 Å². The second-order valence-electron chi connectivity index (χ2n) is 5.06. The highest BCUT2D eigenvalue weighted by molar-refractivity contribution is 7.89. The van der Waals surface area contributed by atoms with Gasteiger partial charge in [-0.05, 0) is 23.1 Å². The molecule has 2 N–H and O–H groups in total. The molecule has 2 atom stereocenters. The highest BCUT2D eigenvalue weighted by atomic mass is 32.2. The van der Waals surface area contributed by atoms with Crippen LogP contribution < -0.4 is 5.14 Å². The van der Waals surface area contributed by atoms with E-state index in [1.54, 1.807) is 12.1 Å². The van der Waals surface area contributed by atoms with E-state index < -0.39 is 10.0 Å². The van der Waals surface area contributed by atoms with Gasteiger partial charge >= 0.3 is 0 Å². The fourth-order valence-electron chi connectivity index (χ4n) is 2.44. The van der Waals surface area contributed by atoms with Gasteiger partial charge in [0.2, 0.25) is 10.0 Å². The van der Waals surface area contributed by atoms with E-state index in [1.165, 1.54) is 12.1 Å². The summed E-state index contributed by atoms with van der Waals surface area (Å²) in [5.74, 6) is 3.31. The topological polar surface area (TPSA) is 60.2 Å². The van der Waals surface area contributed by atoms with E-state index in [-0.39, 0.29) is 16.2 Å². The number of rotatable bonds is 2. The van der Waals surface area contributed by atoms with Crippen molar-refractivity contribution in [3.8, 4) is 12.3 Å². The molecule has 0 radical (unpaired) electrons. The highest BCUT2D eigenvalue weighted by Crippen LogP contribution is 2.63. The summed E-state index contributed by atoms with van der Waals surface area (Å²) in [5, 5.41) is 5.05. The predicted octanol–water partition coefficient (Wildman–Crippen LogP) is 1.71. The first-order valence-electron chi connectivity index (χ1n) is 5.37. The molecule has 0 aromatic heterocycles. The zero-order valence-corrected chi connectivity index (χ0v) is 10.7. The van der Waals surface area contributed by atoms with Crippen LogP contribution in [-0.4, -0.2) is 8.42 Å². The first-order chi connectivity index (χ1) is 7.78. The summed E-state index contributed by atoms with van der Waals surface area (Å²) < 4.78 is 22.2. The third-order valence-electron chi connectivity index (χ3n) is 3.57. The van der Waals surface area contributed by atoms with Crippen molar-refractivity contribution in [2.45, 2.75) is 24.7 Å². The van der Waals surface area contributed by atoms with Crippen LogP contribution >= 0.6 is 0 Å². The molecule has 1 fully saturated rings.